The Balaban J connectivity index is 1.80. The molecule has 7 heteroatoms. The number of rotatable bonds is 3. The minimum absolute atomic E-state index is 0.0201. The molecule has 2 heterocycles. The zero-order valence-electron chi connectivity index (χ0n) is 10.5. The molecule has 2 atom stereocenters. The van der Waals surface area contributed by atoms with Crippen LogP contribution >= 0.6 is 0 Å². The van der Waals surface area contributed by atoms with Gasteiger partial charge in [-0.3, -0.25) is 0 Å². The standard InChI is InChI=1S/C11H17N3O4/c1-7-5-9(3-4-14(7)11(15)16)17-6-10-12-8(2)18-13-10/h7,9H,3-6H2,1-2H3,(H,15,16)/t7-,9?/m0/s1. The maximum Gasteiger partial charge on any atom is 0.407 e. The fourth-order valence-corrected chi connectivity index (χ4v) is 2.16. The highest BCUT2D eigenvalue weighted by molar-refractivity contribution is 5.65. The van der Waals surface area contributed by atoms with Crippen LogP contribution < -0.4 is 0 Å². The van der Waals surface area contributed by atoms with Crippen LogP contribution in [0.25, 0.3) is 0 Å². The Bertz CT molecular complexity index is 420. The van der Waals surface area contributed by atoms with Gasteiger partial charge in [0, 0.05) is 19.5 Å². The number of piperidine rings is 1. The molecule has 0 aromatic carbocycles. The van der Waals surface area contributed by atoms with Crippen molar-refractivity contribution in [1.29, 1.82) is 0 Å². The third kappa shape index (κ3) is 2.98. The molecular formula is C11H17N3O4. The van der Waals surface area contributed by atoms with E-state index in [0.29, 0.717) is 37.7 Å². The quantitative estimate of drug-likeness (QED) is 0.878. The van der Waals surface area contributed by atoms with E-state index in [9.17, 15) is 4.79 Å². The molecule has 18 heavy (non-hydrogen) atoms. The average molecular weight is 255 g/mol. The van der Waals surface area contributed by atoms with Gasteiger partial charge in [-0.25, -0.2) is 4.79 Å². The third-order valence-electron chi connectivity index (χ3n) is 3.09. The summed E-state index contributed by atoms with van der Waals surface area (Å²) in [5, 5.41) is 12.7. The molecule has 2 rings (SSSR count). The Morgan fingerprint density at radius 1 is 1.67 bits per heavy atom. The van der Waals surface area contributed by atoms with E-state index in [-0.39, 0.29) is 12.1 Å². The van der Waals surface area contributed by atoms with Crippen LogP contribution in [0.2, 0.25) is 0 Å². The first-order chi connectivity index (χ1) is 8.56. The van der Waals surface area contributed by atoms with Gasteiger partial charge in [0.25, 0.3) is 0 Å². The normalized spacial score (nSPS) is 24.2. The van der Waals surface area contributed by atoms with E-state index in [0.717, 1.165) is 0 Å². The molecule has 1 fully saturated rings. The van der Waals surface area contributed by atoms with Crippen molar-refractivity contribution in [3.63, 3.8) is 0 Å². The first-order valence-electron chi connectivity index (χ1n) is 5.96. The van der Waals surface area contributed by atoms with Crippen molar-refractivity contribution in [2.75, 3.05) is 6.54 Å². The Morgan fingerprint density at radius 2 is 2.44 bits per heavy atom. The number of carboxylic acid groups (broad SMARTS) is 1. The monoisotopic (exact) mass is 255 g/mol. The molecule has 0 saturated carbocycles. The van der Waals surface area contributed by atoms with Gasteiger partial charge in [0.1, 0.15) is 6.61 Å². The predicted molar refractivity (Wildman–Crippen MR) is 61.0 cm³/mol. The Kier molecular flexibility index (Phi) is 3.81. The van der Waals surface area contributed by atoms with Gasteiger partial charge in [-0.05, 0) is 19.8 Å². The summed E-state index contributed by atoms with van der Waals surface area (Å²) < 4.78 is 10.5. The van der Waals surface area contributed by atoms with Gasteiger partial charge >= 0.3 is 6.09 Å². The molecule has 1 amide bonds. The highest BCUT2D eigenvalue weighted by Crippen LogP contribution is 2.20. The zero-order chi connectivity index (χ0) is 13.1. The van der Waals surface area contributed by atoms with Gasteiger partial charge in [-0.2, -0.15) is 4.98 Å². The summed E-state index contributed by atoms with van der Waals surface area (Å²) >= 11 is 0. The molecule has 1 saturated heterocycles. The van der Waals surface area contributed by atoms with Crippen LogP contribution in [0.1, 0.15) is 31.5 Å². The Labute approximate surface area is 105 Å². The topological polar surface area (TPSA) is 88.7 Å². The summed E-state index contributed by atoms with van der Waals surface area (Å²) in [5.74, 6) is 1.04. The van der Waals surface area contributed by atoms with Crippen molar-refractivity contribution in [3.8, 4) is 0 Å². The van der Waals surface area contributed by atoms with Crippen LogP contribution in [0.5, 0.6) is 0 Å². The summed E-state index contributed by atoms with van der Waals surface area (Å²) in [6, 6.07) is -0.0201. The van der Waals surface area contributed by atoms with E-state index in [2.05, 4.69) is 10.1 Å². The molecule has 0 bridgehead atoms. The first-order valence-corrected chi connectivity index (χ1v) is 5.96. The number of carbonyl (C=O) groups is 1. The highest BCUT2D eigenvalue weighted by Gasteiger charge is 2.29. The van der Waals surface area contributed by atoms with Crippen LogP contribution in [0.4, 0.5) is 4.79 Å². The first kappa shape index (κ1) is 12.8. The van der Waals surface area contributed by atoms with E-state index >= 15 is 0 Å². The predicted octanol–water partition coefficient (Wildman–Crippen LogP) is 1.43. The van der Waals surface area contributed by atoms with Crippen molar-refractivity contribution < 1.29 is 19.2 Å². The van der Waals surface area contributed by atoms with E-state index in [1.807, 2.05) is 6.92 Å². The van der Waals surface area contributed by atoms with Gasteiger partial charge in [0.2, 0.25) is 5.89 Å². The van der Waals surface area contributed by atoms with Crippen molar-refractivity contribution in [2.24, 2.45) is 0 Å². The molecule has 1 unspecified atom stereocenters. The SMILES string of the molecule is Cc1nc(COC2CCN(C(=O)O)[C@@H](C)C2)no1. The minimum Gasteiger partial charge on any atom is -0.465 e. The lowest BCUT2D eigenvalue weighted by molar-refractivity contribution is -0.0185. The van der Waals surface area contributed by atoms with Gasteiger partial charge in [0.05, 0.1) is 6.10 Å². The molecule has 7 nitrogen and oxygen atoms in total. The van der Waals surface area contributed by atoms with Crippen LogP contribution in [-0.2, 0) is 11.3 Å². The number of nitrogens with zero attached hydrogens (tertiary/aromatic N) is 3. The maximum atomic E-state index is 10.9. The van der Waals surface area contributed by atoms with E-state index in [4.69, 9.17) is 14.4 Å². The molecular weight excluding hydrogens is 238 g/mol. The Hall–Kier alpha value is -1.63. The summed E-state index contributed by atoms with van der Waals surface area (Å²) in [4.78, 5) is 16.4. The molecule has 0 radical (unpaired) electrons. The Morgan fingerprint density at radius 3 is 3.00 bits per heavy atom. The van der Waals surface area contributed by atoms with Gasteiger partial charge in [-0.15, -0.1) is 0 Å². The number of aryl methyl sites for hydroxylation is 1. The molecule has 1 N–H and O–H groups in total. The third-order valence-corrected chi connectivity index (χ3v) is 3.09. The van der Waals surface area contributed by atoms with E-state index in [1.165, 1.54) is 4.90 Å². The summed E-state index contributed by atoms with van der Waals surface area (Å²) in [6.45, 7) is 4.43. The maximum absolute atomic E-state index is 10.9. The number of hydrogen-bond donors (Lipinski definition) is 1. The number of aromatic nitrogens is 2. The van der Waals surface area contributed by atoms with E-state index in [1.54, 1.807) is 6.92 Å². The van der Waals surface area contributed by atoms with E-state index < -0.39 is 6.09 Å². The molecule has 0 aliphatic carbocycles. The van der Waals surface area contributed by atoms with Gasteiger partial charge < -0.3 is 19.3 Å². The van der Waals surface area contributed by atoms with Crippen LogP contribution in [0.15, 0.2) is 4.52 Å². The summed E-state index contributed by atoms with van der Waals surface area (Å²) in [7, 11) is 0. The number of ether oxygens (including phenoxy) is 1. The lowest BCUT2D eigenvalue weighted by Gasteiger charge is -2.35. The molecule has 1 aliphatic rings. The minimum atomic E-state index is -0.866. The van der Waals surface area contributed by atoms with Crippen LogP contribution in [0, 0.1) is 6.92 Å². The van der Waals surface area contributed by atoms with Crippen molar-refractivity contribution in [3.05, 3.63) is 11.7 Å². The fraction of sp³-hybridized carbons (Fsp3) is 0.727. The molecule has 1 aromatic heterocycles. The molecule has 1 aliphatic heterocycles. The van der Waals surface area contributed by atoms with Crippen LogP contribution in [0.3, 0.4) is 0 Å². The average Bonchev–Trinajstić information content (AvgIpc) is 2.72. The van der Waals surface area contributed by atoms with Crippen LogP contribution in [-0.4, -0.2) is 44.9 Å². The van der Waals surface area contributed by atoms with Crippen molar-refractivity contribution in [1.82, 2.24) is 15.0 Å². The lowest BCUT2D eigenvalue weighted by Crippen LogP contribution is -2.46. The zero-order valence-corrected chi connectivity index (χ0v) is 10.5. The summed E-state index contributed by atoms with van der Waals surface area (Å²) in [6.07, 6.45) is 0.584. The second-order valence-electron chi connectivity index (χ2n) is 4.51. The van der Waals surface area contributed by atoms with Gasteiger partial charge in [0.15, 0.2) is 5.82 Å². The largest absolute Gasteiger partial charge is 0.465 e. The van der Waals surface area contributed by atoms with Crippen molar-refractivity contribution >= 4 is 6.09 Å². The molecule has 100 valence electrons. The lowest BCUT2D eigenvalue weighted by atomic mass is 10.0. The van der Waals surface area contributed by atoms with Crippen molar-refractivity contribution in [2.45, 2.75) is 45.4 Å². The second kappa shape index (κ2) is 5.34. The fourth-order valence-electron chi connectivity index (χ4n) is 2.16. The summed E-state index contributed by atoms with van der Waals surface area (Å²) in [5.41, 5.74) is 0. The molecule has 0 spiro atoms. The van der Waals surface area contributed by atoms with Gasteiger partial charge in [-0.1, -0.05) is 5.16 Å². The number of likely N-dealkylation sites (tertiary alicyclic amines) is 1. The molecule has 1 aromatic rings. The highest BCUT2D eigenvalue weighted by atomic mass is 16.5. The number of amides is 1. The smallest absolute Gasteiger partial charge is 0.407 e. The second-order valence-corrected chi connectivity index (χ2v) is 4.51. The number of hydrogen-bond acceptors (Lipinski definition) is 5.